The number of nitrogens with zero attached hydrogens (tertiary/aromatic N) is 1. The molecule has 0 unspecified atom stereocenters. The van der Waals surface area contributed by atoms with Crippen molar-refractivity contribution in [1.82, 2.24) is 10.2 Å². The summed E-state index contributed by atoms with van der Waals surface area (Å²) in [6, 6.07) is 4.07. The van der Waals surface area contributed by atoms with Gasteiger partial charge < -0.3 is 19.7 Å². The third-order valence-corrected chi connectivity index (χ3v) is 4.33. The van der Waals surface area contributed by atoms with Crippen LogP contribution in [-0.4, -0.2) is 43.8 Å². The molecule has 0 aliphatic rings. The molecule has 0 aromatic heterocycles. The summed E-state index contributed by atoms with van der Waals surface area (Å²) in [5, 5.41) is 3.50. The number of likely N-dealkylation sites (N-methyl/N-ethyl adjacent to an activating group) is 1. The van der Waals surface area contributed by atoms with Crippen molar-refractivity contribution < 1.29 is 9.47 Å². The molecule has 23 heavy (non-hydrogen) atoms. The van der Waals surface area contributed by atoms with E-state index in [0.29, 0.717) is 6.61 Å². The zero-order valence-electron chi connectivity index (χ0n) is 15.1. The lowest BCUT2D eigenvalue weighted by molar-refractivity contribution is 0.223. The average molecular weight is 387 g/mol. The van der Waals surface area contributed by atoms with E-state index in [1.807, 2.05) is 26.8 Å². The molecule has 5 heteroatoms. The molecule has 0 aliphatic carbocycles. The van der Waals surface area contributed by atoms with E-state index >= 15 is 0 Å². The zero-order valence-corrected chi connectivity index (χ0v) is 16.7. The van der Waals surface area contributed by atoms with Crippen LogP contribution in [0.5, 0.6) is 11.5 Å². The SMILES string of the molecule is CCOc1cc(CNCCN(CC)CC)c(Br)cc1OC(C)C. The van der Waals surface area contributed by atoms with Crippen molar-refractivity contribution in [2.75, 3.05) is 32.8 Å². The summed E-state index contributed by atoms with van der Waals surface area (Å²) in [4.78, 5) is 2.41. The Balaban J connectivity index is 2.69. The number of hydrogen-bond acceptors (Lipinski definition) is 4. The van der Waals surface area contributed by atoms with Gasteiger partial charge in [-0.05, 0) is 51.6 Å². The summed E-state index contributed by atoms with van der Waals surface area (Å²) < 4.78 is 12.6. The normalized spacial score (nSPS) is 11.3. The highest BCUT2D eigenvalue weighted by Gasteiger charge is 2.12. The maximum Gasteiger partial charge on any atom is 0.162 e. The molecule has 0 radical (unpaired) electrons. The molecule has 1 rings (SSSR count). The number of halogens is 1. The van der Waals surface area contributed by atoms with Crippen LogP contribution in [-0.2, 0) is 6.54 Å². The molecule has 0 bridgehead atoms. The first-order valence-electron chi connectivity index (χ1n) is 8.56. The van der Waals surface area contributed by atoms with Gasteiger partial charge in [0.05, 0.1) is 12.7 Å². The fraction of sp³-hybridized carbons (Fsp3) is 0.667. The summed E-state index contributed by atoms with van der Waals surface area (Å²) in [7, 11) is 0. The second-order valence-electron chi connectivity index (χ2n) is 5.69. The predicted molar refractivity (Wildman–Crippen MR) is 101 cm³/mol. The monoisotopic (exact) mass is 386 g/mol. The molecule has 0 atom stereocenters. The van der Waals surface area contributed by atoms with Crippen LogP contribution in [0.4, 0.5) is 0 Å². The van der Waals surface area contributed by atoms with Crippen LogP contribution in [0, 0.1) is 0 Å². The lowest BCUT2D eigenvalue weighted by Gasteiger charge is -2.19. The molecule has 0 saturated carbocycles. The maximum atomic E-state index is 5.84. The lowest BCUT2D eigenvalue weighted by Crippen LogP contribution is -2.31. The second-order valence-corrected chi connectivity index (χ2v) is 6.55. The Morgan fingerprint density at radius 2 is 1.83 bits per heavy atom. The van der Waals surface area contributed by atoms with Gasteiger partial charge in [0.2, 0.25) is 0 Å². The van der Waals surface area contributed by atoms with Crippen molar-refractivity contribution >= 4 is 15.9 Å². The molecular formula is C18H31BrN2O2. The Morgan fingerprint density at radius 3 is 2.39 bits per heavy atom. The highest BCUT2D eigenvalue weighted by Crippen LogP contribution is 2.34. The van der Waals surface area contributed by atoms with Gasteiger partial charge in [0.1, 0.15) is 0 Å². The molecule has 132 valence electrons. The molecule has 0 heterocycles. The third-order valence-electron chi connectivity index (χ3n) is 3.59. The van der Waals surface area contributed by atoms with E-state index in [4.69, 9.17) is 9.47 Å². The molecule has 1 N–H and O–H groups in total. The van der Waals surface area contributed by atoms with E-state index in [2.05, 4.69) is 46.1 Å². The summed E-state index contributed by atoms with van der Waals surface area (Å²) in [6.07, 6.45) is 0.124. The van der Waals surface area contributed by atoms with E-state index in [0.717, 1.165) is 48.7 Å². The van der Waals surface area contributed by atoms with Crippen molar-refractivity contribution in [2.45, 2.75) is 47.3 Å². The Kier molecular flexibility index (Phi) is 9.60. The van der Waals surface area contributed by atoms with Crippen LogP contribution >= 0.6 is 15.9 Å². The van der Waals surface area contributed by atoms with Crippen molar-refractivity contribution in [2.24, 2.45) is 0 Å². The van der Waals surface area contributed by atoms with Crippen LogP contribution in [0.2, 0.25) is 0 Å². The van der Waals surface area contributed by atoms with E-state index in [1.165, 1.54) is 5.56 Å². The first-order chi connectivity index (χ1) is 11.0. The molecule has 0 amide bonds. The highest BCUT2D eigenvalue weighted by atomic mass is 79.9. The predicted octanol–water partition coefficient (Wildman–Crippen LogP) is 4.07. The summed E-state index contributed by atoms with van der Waals surface area (Å²) >= 11 is 3.64. The molecule has 4 nitrogen and oxygen atoms in total. The number of nitrogens with one attached hydrogen (secondary N) is 1. The van der Waals surface area contributed by atoms with Gasteiger partial charge >= 0.3 is 0 Å². The number of benzene rings is 1. The van der Waals surface area contributed by atoms with Gasteiger partial charge in [-0.15, -0.1) is 0 Å². The first-order valence-corrected chi connectivity index (χ1v) is 9.35. The smallest absolute Gasteiger partial charge is 0.162 e. The Morgan fingerprint density at radius 1 is 1.13 bits per heavy atom. The van der Waals surface area contributed by atoms with Crippen molar-refractivity contribution in [3.63, 3.8) is 0 Å². The largest absolute Gasteiger partial charge is 0.490 e. The van der Waals surface area contributed by atoms with Gasteiger partial charge in [-0.2, -0.15) is 0 Å². The van der Waals surface area contributed by atoms with Crippen LogP contribution in [0.15, 0.2) is 16.6 Å². The van der Waals surface area contributed by atoms with E-state index in [-0.39, 0.29) is 6.10 Å². The number of rotatable bonds is 11. The van der Waals surface area contributed by atoms with Crippen LogP contribution < -0.4 is 14.8 Å². The molecule has 1 aromatic rings. The average Bonchev–Trinajstić information content (AvgIpc) is 2.51. The molecule has 0 fully saturated rings. The Labute approximate surface area is 149 Å². The Hall–Kier alpha value is -0.780. The highest BCUT2D eigenvalue weighted by molar-refractivity contribution is 9.10. The van der Waals surface area contributed by atoms with Gasteiger partial charge in [-0.3, -0.25) is 0 Å². The summed E-state index contributed by atoms with van der Waals surface area (Å²) in [5.41, 5.74) is 1.18. The molecule has 0 aliphatic heterocycles. The minimum absolute atomic E-state index is 0.124. The molecular weight excluding hydrogens is 356 g/mol. The van der Waals surface area contributed by atoms with Gasteiger partial charge in [-0.25, -0.2) is 0 Å². The quantitative estimate of drug-likeness (QED) is 0.581. The van der Waals surface area contributed by atoms with E-state index in [9.17, 15) is 0 Å². The number of ether oxygens (including phenoxy) is 2. The fourth-order valence-corrected chi connectivity index (χ4v) is 2.79. The van der Waals surface area contributed by atoms with Crippen molar-refractivity contribution in [3.8, 4) is 11.5 Å². The second kappa shape index (κ2) is 10.9. The van der Waals surface area contributed by atoms with Crippen LogP contribution in [0.3, 0.4) is 0 Å². The number of hydrogen-bond donors (Lipinski definition) is 1. The van der Waals surface area contributed by atoms with Gasteiger partial charge in [-0.1, -0.05) is 29.8 Å². The summed E-state index contributed by atoms with van der Waals surface area (Å²) in [5.74, 6) is 1.60. The van der Waals surface area contributed by atoms with Gasteiger partial charge in [0.15, 0.2) is 11.5 Å². The summed E-state index contributed by atoms with van der Waals surface area (Å²) in [6.45, 7) is 16.1. The van der Waals surface area contributed by atoms with Gasteiger partial charge in [0, 0.05) is 24.1 Å². The maximum absolute atomic E-state index is 5.84. The molecule has 1 aromatic carbocycles. The van der Waals surface area contributed by atoms with Crippen LogP contribution in [0.25, 0.3) is 0 Å². The van der Waals surface area contributed by atoms with E-state index < -0.39 is 0 Å². The minimum Gasteiger partial charge on any atom is -0.490 e. The molecule has 0 saturated heterocycles. The van der Waals surface area contributed by atoms with Crippen molar-refractivity contribution in [3.05, 3.63) is 22.2 Å². The minimum atomic E-state index is 0.124. The lowest BCUT2D eigenvalue weighted by atomic mass is 10.2. The van der Waals surface area contributed by atoms with Gasteiger partial charge in [0.25, 0.3) is 0 Å². The molecule has 0 spiro atoms. The van der Waals surface area contributed by atoms with Crippen molar-refractivity contribution in [1.29, 1.82) is 0 Å². The fourth-order valence-electron chi connectivity index (χ4n) is 2.33. The third kappa shape index (κ3) is 7.10. The topological polar surface area (TPSA) is 33.7 Å². The standard InChI is InChI=1S/C18H31BrN2O2/c1-6-21(7-2)10-9-20-13-15-11-17(22-8-3)18(12-16(15)19)23-14(4)5/h11-12,14,20H,6-10,13H2,1-5H3. The zero-order chi connectivity index (χ0) is 17.2. The first kappa shape index (κ1) is 20.3. The Bertz CT molecular complexity index is 463. The van der Waals surface area contributed by atoms with E-state index in [1.54, 1.807) is 0 Å². The van der Waals surface area contributed by atoms with Crippen LogP contribution in [0.1, 0.15) is 40.2 Å².